The van der Waals surface area contributed by atoms with Gasteiger partial charge in [0.25, 0.3) is 0 Å². The summed E-state index contributed by atoms with van der Waals surface area (Å²) in [5.74, 6) is -0.491. The number of carbonyl (C=O) groups is 2. The predicted molar refractivity (Wildman–Crippen MR) is 126 cm³/mol. The topological polar surface area (TPSA) is 58.6 Å². The summed E-state index contributed by atoms with van der Waals surface area (Å²) in [4.78, 5) is 28.3. The molecule has 31 heavy (non-hydrogen) atoms. The van der Waals surface area contributed by atoms with Gasteiger partial charge >= 0.3 is 0 Å². The van der Waals surface area contributed by atoms with E-state index in [0.29, 0.717) is 29.4 Å². The van der Waals surface area contributed by atoms with Gasteiger partial charge in [-0.3, -0.25) is 14.5 Å². The molecule has 2 aromatic carbocycles. The summed E-state index contributed by atoms with van der Waals surface area (Å²) in [6.45, 7) is 0.441. The number of amides is 2. The Morgan fingerprint density at radius 3 is 2.52 bits per heavy atom. The summed E-state index contributed by atoms with van der Waals surface area (Å²) >= 11 is 13.6. The average molecular weight is 477 g/mol. The number of nitrogens with zero attached hydrogens (tertiary/aromatic N) is 1. The van der Waals surface area contributed by atoms with E-state index in [2.05, 4.69) is 5.32 Å². The zero-order chi connectivity index (χ0) is 22.2. The molecule has 0 aliphatic heterocycles. The minimum Gasteiger partial charge on any atom is -0.495 e. The second kappa shape index (κ2) is 11.2. The van der Waals surface area contributed by atoms with Crippen molar-refractivity contribution in [3.63, 3.8) is 0 Å². The quantitative estimate of drug-likeness (QED) is 0.438. The number of alkyl halides is 1. The molecule has 3 aromatic rings. The Hall–Kier alpha value is -2.54. The molecule has 0 aliphatic carbocycles. The fourth-order valence-corrected chi connectivity index (χ4v) is 4.39. The molecule has 1 aromatic heterocycles. The monoisotopic (exact) mass is 476 g/mol. The van der Waals surface area contributed by atoms with E-state index >= 15 is 0 Å². The highest BCUT2D eigenvalue weighted by atomic mass is 35.5. The molecule has 5 nitrogen and oxygen atoms in total. The number of hydrogen-bond donors (Lipinski definition) is 1. The van der Waals surface area contributed by atoms with Gasteiger partial charge in [-0.1, -0.05) is 48.0 Å². The van der Waals surface area contributed by atoms with Crippen LogP contribution in [-0.2, 0) is 16.0 Å². The van der Waals surface area contributed by atoms with Crippen molar-refractivity contribution in [2.24, 2.45) is 0 Å². The molecule has 1 N–H and O–H groups in total. The minimum atomic E-state index is -0.869. The number of anilines is 1. The van der Waals surface area contributed by atoms with Gasteiger partial charge in [0.15, 0.2) is 0 Å². The van der Waals surface area contributed by atoms with E-state index in [0.717, 1.165) is 10.4 Å². The Kier molecular flexibility index (Phi) is 8.35. The number of methoxy groups -OCH3 is 1. The van der Waals surface area contributed by atoms with E-state index in [1.165, 1.54) is 23.3 Å². The van der Waals surface area contributed by atoms with Crippen molar-refractivity contribution < 1.29 is 14.3 Å². The number of ether oxygens (including phenoxy) is 1. The molecule has 8 heteroatoms. The van der Waals surface area contributed by atoms with Gasteiger partial charge in [-0.25, -0.2) is 0 Å². The summed E-state index contributed by atoms with van der Waals surface area (Å²) in [5.41, 5.74) is 1.58. The Morgan fingerprint density at radius 2 is 1.90 bits per heavy atom. The van der Waals surface area contributed by atoms with Crippen molar-refractivity contribution in [2.75, 3.05) is 24.4 Å². The molecule has 0 bridgehead atoms. The van der Waals surface area contributed by atoms with Crippen LogP contribution in [0.2, 0.25) is 5.02 Å². The number of hydrogen-bond acceptors (Lipinski definition) is 4. The fraction of sp³-hybridized carbons (Fsp3) is 0.217. The summed E-state index contributed by atoms with van der Waals surface area (Å²) < 4.78 is 5.20. The minimum absolute atomic E-state index is 0.275. The highest BCUT2D eigenvalue weighted by Gasteiger charge is 2.33. The molecule has 1 atom stereocenters. The number of halogens is 2. The zero-order valence-corrected chi connectivity index (χ0v) is 19.2. The molecule has 0 fully saturated rings. The van der Waals surface area contributed by atoms with Crippen LogP contribution in [0.4, 0.5) is 5.69 Å². The molecule has 0 radical (unpaired) electrons. The standard InChI is InChI=1S/C23H22Cl2N2O3S/c1-30-19-10-9-17(14-18(19)25)27(21(28)15-24)22(20-8-5-13-31-20)23(29)26-12-11-16-6-3-2-4-7-16/h2-10,13-14,22H,11-12,15H2,1H3,(H,26,29)/t22-/m0/s1. The lowest BCUT2D eigenvalue weighted by Crippen LogP contribution is -2.44. The highest BCUT2D eigenvalue weighted by Crippen LogP contribution is 2.35. The van der Waals surface area contributed by atoms with Crippen molar-refractivity contribution in [1.82, 2.24) is 5.32 Å². The van der Waals surface area contributed by atoms with Gasteiger partial charge in [0.1, 0.15) is 17.7 Å². The summed E-state index contributed by atoms with van der Waals surface area (Å²) in [5, 5.41) is 5.16. The zero-order valence-electron chi connectivity index (χ0n) is 16.9. The molecule has 2 amide bonds. The molecule has 0 saturated carbocycles. The molecule has 0 unspecified atom stereocenters. The Morgan fingerprint density at radius 1 is 1.13 bits per heavy atom. The van der Waals surface area contributed by atoms with Gasteiger partial charge in [0.2, 0.25) is 11.8 Å². The molecule has 3 rings (SSSR count). The molecular weight excluding hydrogens is 455 g/mol. The lowest BCUT2D eigenvalue weighted by Gasteiger charge is -2.30. The molecule has 0 aliphatic rings. The van der Waals surface area contributed by atoms with Crippen molar-refractivity contribution in [3.8, 4) is 5.75 Å². The van der Waals surface area contributed by atoms with Crippen LogP contribution in [0.1, 0.15) is 16.5 Å². The summed E-state index contributed by atoms with van der Waals surface area (Å²) in [6.07, 6.45) is 0.682. The number of nitrogens with one attached hydrogen (secondary N) is 1. The van der Waals surface area contributed by atoms with Gasteiger partial charge < -0.3 is 10.1 Å². The van der Waals surface area contributed by atoms with E-state index in [1.54, 1.807) is 18.2 Å². The Balaban J connectivity index is 1.89. The predicted octanol–water partition coefficient (Wildman–Crippen LogP) is 5.08. The SMILES string of the molecule is COc1ccc(N(C(=O)CCl)[C@H](C(=O)NCCc2ccccc2)c2cccs2)cc1Cl. The first-order valence-corrected chi connectivity index (χ1v) is 11.4. The Labute approximate surface area is 195 Å². The van der Waals surface area contributed by atoms with Crippen LogP contribution in [-0.4, -0.2) is 31.3 Å². The van der Waals surface area contributed by atoms with Crippen LogP contribution >= 0.6 is 34.5 Å². The second-order valence-corrected chi connectivity index (χ2v) is 8.31. The van der Waals surface area contributed by atoms with Crippen molar-refractivity contribution >= 4 is 52.0 Å². The van der Waals surface area contributed by atoms with Crippen LogP contribution in [0.25, 0.3) is 0 Å². The van der Waals surface area contributed by atoms with Gasteiger partial charge in [-0.05, 0) is 41.6 Å². The first-order chi connectivity index (χ1) is 15.0. The number of benzene rings is 2. The number of carbonyl (C=O) groups excluding carboxylic acids is 2. The summed E-state index contributed by atoms with van der Waals surface area (Å²) in [6, 6.07) is 17.6. The first-order valence-electron chi connectivity index (χ1n) is 9.61. The maximum atomic E-state index is 13.3. The van der Waals surface area contributed by atoms with Gasteiger partial charge in [0.05, 0.1) is 12.1 Å². The smallest absolute Gasteiger partial charge is 0.248 e. The normalized spacial score (nSPS) is 11.6. The fourth-order valence-electron chi connectivity index (χ4n) is 3.20. The third-order valence-electron chi connectivity index (χ3n) is 4.67. The lowest BCUT2D eigenvalue weighted by atomic mass is 10.1. The van der Waals surface area contributed by atoms with Crippen LogP contribution in [0.15, 0.2) is 66.0 Å². The molecule has 0 spiro atoms. The number of thiophene rings is 1. The van der Waals surface area contributed by atoms with E-state index in [9.17, 15) is 9.59 Å². The van der Waals surface area contributed by atoms with Crippen molar-refractivity contribution in [1.29, 1.82) is 0 Å². The van der Waals surface area contributed by atoms with E-state index in [-0.39, 0.29) is 11.8 Å². The highest BCUT2D eigenvalue weighted by molar-refractivity contribution is 7.10. The van der Waals surface area contributed by atoms with Gasteiger partial charge in [-0.15, -0.1) is 22.9 Å². The maximum Gasteiger partial charge on any atom is 0.248 e. The van der Waals surface area contributed by atoms with Crippen LogP contribution in [0, 0.1) is 0 Å². The average Bonchev–Trinajstić information content (AvgIpc) is 3.31. The van der Waals surface area contributed by atoms with E-state index < -0.39 is 11.9 Å². The van der Waals surface area contributed by atoms with E-state index in [4.69, 9.17) is 27.9 Å². The van der Waals surface area contributed by atoms with E-state index in [1.807, 2.05) is 47.8 Å². The molecular formula is C23H22Cl2N2O3S. The van der Waals surface area contributed by atoms with Crippen LogP contribution in [0.5, 0.6) is 5.75 Å². The molecule has 162 valence electrons. The van der Waals surface area contributed by atoms with Crippen LogP contribution in [0.3, 0.4) is 0 Å². The molecule has 0 saturated heterocycles. The third-order valence-corrected chi connectivity index (χ3v) is 6.12. The second-order valence-electron chi connectivity index (χ2n) is 6.66. The van der Waals surface area contributed by atoms with Gasteiger partial charge in [0, 0.05) is 17.1 Å². The largest absolute Gasteiger partial charge is 0.495 e. The lowest BCUT2D eigenvalue weighted by molar-refractivity contribution is -0.125. The van der Waals surface area contributed by atoms with Crippen molar-refractivity contribution in [3.05, 3.63) is 81.5 Å². The van der Waals surface area contributed by atoms with Gasteiger partial charge in [-0.2, -0.15) is 0 Å². The third kappa shape index (κ3) is 5.79. The maximum absolute atomic E-state index is 13.3. The molecule has 1 heterocycles. The van der Waals surface area contributed by atoms with Crippen molar-refractivity contribution in [2.45, 2.75) is 12.5 Å². The Bertz CT molecular complexity index is 1010. The summed E-state index contributed by atoms with van der Waals surface area (Å²) in [7, 11) is 1.51. The number of rotatable bonds is 9. The first kappa shape index (κ1) is 23.1. The van der Waals surface area contributed by atoms with Crippen LogP contribution < -0.4 is 15.0 Å².